The first kappa shape index (κ1) is 26.3. The van der Waals surface area contributed by atoms with Crippen molar-refractivity contribution in [1.29, 1.82) is 0 Å². The van der Waals surface area contributed by atoms with Crippen LogP contribution in [0, 0.1) is 5.41 Å². The highest BCUT2D eigenvalue weighted by Crippen LogP contribution is 2.49. The van der Waals surface area contributed by atoms with Gasteiger partial charge in [0.25, 0.3) is 11.8 Å². The topological polar surface area (TPSA) is 96.3 Å². The maximum atomic E-state index is 13.7. The van der Waals surface area contributed by atoms with Gasteiger partial charge in [-0.2, -0.15) is 0 Å². The number of carbonyl (C=O) groups excluding carboxylic acids is 2. The zero-order valence-electron chi connectivity index (χ0n) is 22.8. The van der Waals surface area contributed by atoms with Crippen LogP contribution in [0.1, 0.15) is 64.4 Å². The van der Waals surface area contributed by atoms with Gasteiger partial charge in [0.05, 0.1) is 23.5 Å². The molecule has 0 bridgehead atoms. The smallest absolute Gasteiger partial charge is 0.256 e. The van der Waals surface area contributed by atoms with E-state index in [9.17, 15) is 19.8 Å². The number of likely N-dealkylation sites (N-methyl/N-ethyl adjacent to an activating group) is 1. The van der Waals surface area contributed by atoms with Gasteiger partial charge in [-0.15, -0.1) is 0 Å². The maximum Gasteiger partial charge on any atom is 0.256 e. The van der Waals surface area contributed by atoms with E-state index in [1.165, 1.54) is 11.1 Å². The summed E-state index contributed by atoms with van der Waals surface area (Å²) >= 11 is 0. The number of β-amino-alcohol motifs (C(OH)–C–C–N with tert-alkyl or cyclic N) is 1. The second-order valence-electron chi connectivity index (χ2n) is 11.9. The number of aliphatic hydroxyl groups excluding tert-OH is 2. The molecule has 2 atom stereocenters. The molecule has 3 heterocycles. The number of fused-ring (bicyclic) bond motifs is 2. The number of likely N-dealkylation sites (tertiary alicyclic amines) is 1. The van der Waals surface area contributed by atoms with Crippen LogP contribution in [-0.2, 0) is 13.0 Å². The fourth-order valence-corrected chi connectivity index (χ4v) is 7.06. The molecule has 1 saturated heterocycles. The fraction of sp³-hybridized carbons (Fsp3) is 0.548. The summed E-state index contributed by atoms with van der Waals surface area (Å²) in [6.45, 7) is 6.36. The molecular weight excluding hydrogens is 492 g/mol. The summed E-state index contributed by atoms with van der Waals surface area (Å²) in [4.78, 5) is 33.0. The van der Waals surface area contributed by atoms with E-state index in [-0.39, 0.29) is 35.9 Å². The lowest BCUT2D eigenvalue weighted by Gasteiger charge is -2.50. The Kier molecular flexibility index (Phi) is 7.12. The Hall–Kier alpha value is -2.94. The number of rotatable bonds is 5. The lowest BCUT2D eigenvalue weighted by atomic mass is 9.61. The van der Waals surface area contributed by atoms with E-state index >= 15 is 0 Å². The number of benzene rings is 2. The summed E-state index contributed by atoms with van der Waals surface area (Å²) in [5.74, 6) is -0.0881. The standard InChI is InChI=1S/C31H40N4O4/c1-2-33-13-14-35(20-28(37)26-15-21-5-3-4-6-23(21)19-32-26)30(39)25-8-7-22(16-27(25)33)29(38)34-11-9-31(10-12-34)17-24(36)18-31/h3-8,16,24,26,28,32,36-37H,2,9-15,17-20H2,1H3. The van der Waals surface area contributed by atoms with Crippen LogP contribution < -0.4 is 10.2 Å². The highest BCUT2D eigenvalue weighted by molar-refractivity contribution is 6.03. The van der Waals surface area contributed by atoms with E-state index in [4.69, 9.17) is 0 Å². The summed E-state index contributed by atoms with van der Waals surface area (Å²) in [7, 11) is 0. The first-order valence-electron chi connectivity index (χ1n) is 14.5. The first-order valence-corrected chi connectivity index (χ1v) is 14.5. The van der Waals surface area contributed by atoms with E-state index in [1.807, 2.05) is 23.1 Å². The minimum atomic E-state index is -0.682. The molecule has 1 saturated carbocycles. The van der Waals surface area contributed by atoms with Gasteiger partial charge < -0.3 is 30.2 Å². The van der Waals surface area contributed by atoms with E-state index < -0.39 is 6.10 Å². The second-order valence-corrected chi connectivity index (χ2v) is 11.9. The van der Waals surface area contributed by atoms with E-state index in [1.54, 1.807) is 17.0 Å². The van der Waals surface area contributed by atoms with Crippen LogP contribution in [0.25, 0.3) is 0 Å². The van der Waals surface area contributed by atoms with Gasteiger partial charge in [-0.05, 0) is 73.8 Å². The van der Waals surface area contributed by atoms with Crippen LogP contribution in [0.4, 0.5) is 5.69 Å². The number of nitrogens with zero attached hydrogens (tertiary/aromatic N) is 3. The monoisotopic (exact) mass is 532 g/mol. The molecule has 2 fully saturated rings. The number of nitrogens with one attached hydrogen (secondary N) is 1. The van der Waals surface area contributed by atoms with Crippen LogP contribution in [0.2, 0.25) is 0 Å². The number of piperidine rings is 1. The molecule has 8 nitrogen and oxygen atoms in total. The molecule has 0 radical (unpaired) electrons. The van der Waals surface area contributed by atoms with Crippen molar-refractivity contribution in [2.24, 2.45) is 5.41 Å². The molecular formula is C31H40N4O4. The van der Waals surface area contributed by atoms with Gasteiger partial charge in [0.1, 0.15) is 0 Å². The maximum absolute atomic E-state index is 13.7. The molecule has 3 N–H and O–H groups in total. The molecule has 6 rings (SSSR count). The Labute approximate surface area is 230 Å². The van der Waals surface area contributed by atoms with Crippen molar-refractivity contribution in [3.63, 3.8) is 0 Å². The van der Waals surface area contributed by atoms with Crippen molar-refractivity contribution in [2.45, 2.75) is 63.8 Å². The van der Waals surface area contributed by atoms with Gasteiger partial charge in [-0.1, -0.05) is 24.3 Å². The lowest BCUT2D eigenvalue weighted by molar-refractivity contribution is -0.0637. The Balaban J connectivity index is 1.15. The summed E-state index contributed by atoms with van der Waals surface area (Å²) in [5.41, 5.74) is 4.72. The summed E-state index contributed by atoms with van der Waals surface area (Å²) < 4.78 is 0. The molecule has 0 aromatic heterocycles. The fourth-order valence-electron chi connectivity index (χ4n) is 7.06. The zero-order valence-corrected chi connectivity index (χ0v) is 22.8. The number of hydrogen-bond donors (Lipinski definition) is 3. The van der Waals surface area contributed by atoms with E-state index in [0.29, 0.717) is 37.3 Å². The second kappa shape index (κ2) is 10.6. The predicted molar refractivity (Wildman–Crippen MR) is 150 cm³/mol. The molecule has 1 aliphatic carbocycles. The number of aliphatic hydroxyl groups is 2. The molecule has 3 aliphatic heterocycles. The van der Waals surface area contributed by atoms with Crippen LogP contribution >= 0.6 is 0 Å². The summed E-state index contributed by atoms with van der Waals surface area (Å²) in [5, 5.41) is 24.3. The van der Waals surface area contributed by atoms with Gasteiger partial charge in [-0.25, -0.2) is 0 Å². The summed E-state index contributed by atoms with van der Waals surface area (Å²) in [6, 6.07) is 13.6. The highest BCUT2D eigenvalue weighted by Gasteiger charge is 2.45. The quantitative estimate of drug-likeness (QED) is 0.548. The average molecular weight is 533 g/mol. The van der Waals surface area contributed by atoms with E-state index in [0.717, 1.165) is 50.9 Å². The minimum absolute atomic E-state index is 0.0104. The van der Waals surface area contributed by atoms with Crippen molar-refractivity contribution in [3.8, 4) is 0 Å². The number of amides is 2. The van der Waals surface area contributed by atoms with Crippen molar-refractivity contribution in [2.75, 3.05) is 44.2 Å². The molecule has 208 valence electrons. The van der Waals surface area contributed by atoms with Gasteiger partial charge in [-0.3, -0.25) is 9.59 Å². The minimum Gasteiger partial charge on any atom is -0.393 e. The molecule has 39 heavy (non-hydrogen) atoms. The van der Waals surface area contributed by atoms with Gasteiger partial charge in [0, 0.05) is 57.4 Å². The molecule has 8 heteroatoms. The first-order chi connectivity index (χ1) is 18.9. The molecule has 1 spiro atoms. The van der Waals surface area contributed by atoms with E-state index in [2.05, 4.69) is 29.3 Å². The lowest BCUT2D eigenvalue weighted by Crippen LogP contribution is -2.50. The third-order valence-corrected chi connectivity index (χ3v) is 9.56. The normalized spacial score (nSPS) is 23.6. The average Bonchev–Trinajstić information content (AvgIpc) is 3.07. The number of anilines is 1. The van der Waals surface area contributed by atoms with Crippen LogP contribution in [-0.4, -0.2) is 89.3 Å². The van der Waals surface area contributed by atoms with Crippen LogP contribution in [0.15, 0.2) is 42.5 Å². The van der Waals surface area contributed by atoms with Crippen LogP contribution in [0.3, 0.4) is 0 Å². The van der Waals surface area contributed by atoms with Gasteiger partial charge in [0.2, 0.25) is 0 Å². The van der Waals surface area contributed by atoms with Crippen molar-refractivity contribution in [3.05, 3.63) is 64.7 Å². The largest absolute Gasteiger partial charge is 0.393 e. The molecule has 2 amide bonds. The Morgan fingerprint density at radius 2 is 1.77 bits per heavy atom. The van der Waals surface area contributed by atoms with Gasteiger partial charge >= 0.3 is 0 Å². The van der Waals surface area contributed by atoms with Crippen LogP contribution in [0.5, 0.6) is 0 Å². The SMILES string of the molecule is CCN1CCN(CC(O)C2Cc3ccccc3CN2)C(=O)c2ccc(C(=O)N3CCC4(CC3)CC(O)C4)cc21. The van der Waals surface area contributed by atoms with Crippen molar-refractivity contribution >= 4 is 17.5 Å². The Bertz CT molecular complexity index is 1230. The molecule has 2 aromatic rings. The number of hydrogen-bond acceptors (Lipinski definition) is 6. The third kappa shape index (κ3) is 5.06. The molecule has 4 aliphatic rings. The van der Waals surface area contributed by atoms with Gasteiger partial charge in [0.15, 0.2) is 0 Å². The highest BCUT2D eigenvalue weighted by atomic mass is 16.3. The zero-order chi connectivity index (χ0) is 27.1. The van der Waals surface area contributed by atoms with Crippen molar-refractivity contribution in [1.82, 2.24) is 15.1 Å². The summed E-state index contributed by atoms with van der Waals surface area (Å²) in [6.07, 6.45) is 3.48. The predicted octanol–water partition coefficient (Wildman–Crippen LogP) is 2.42. The third-order valence-electron chi connectivity index (χ3n) is 9.56. The molecule has 2 unspecified atom stereocenters. The Morgan fingerprint density at radius 1 is 1.05 bits per heavy atom. The number of carbonyl (C=O) groups is 2. The molecule has 2 aromatic carbocycles. The van der Waals surface area contributed by atoms with Crippen molar-refractivity contribution < 1.29 is 19.8 Å². The Morgan fingerprint density at radius 3 is 2.49 bits per heavy atom.